The van der Waals surface area contributed by atoms with E-state index in [0.29, 0.717) is 59.7 Å². The van der Waals surface area contributed by atoms with E-state index >= 15 is 0 Å². The summed E-state index contributed by atoms with van der Waals surface area (Å²) in [6.45, 7) is 3.43. The van der Waals surface area contributed by atoms with Crippen molar-refractivity contribution in [1.82, 2.24) is 9.62 Å². The van der Waals surface area contributed by atoms with E-state index < -0.39 is 15.9 Å². The zero-order chi connectivity index (χ0) is 23.6. The Hall–Kier alpha value is -2.00. The monoisotopic (exact) mass is 512 g/mol. The van der Waals surface area contributed by atoms with Crippen molar-refractivity contribution in [3.63, 3.8) is 0 Å². The Bertz CT molecular complexity index is 1140. The number of halogens is 2. The smallest absolute Gasteiger partial charge is 0.224 e. The van der Waals surface area contributed by atoms with Gasteiger partial charge in [-0.05, 0) is 55.2 Å². The van der Waals surface area contributed by atoms with Gasteiger partial charge in [-0.3, -0.25) is 4.79 Å². The molecular weight excluding hydrogens is 487 g/mol. The summed E-state index contributed by atoms with van der Waals surface area (Å²) in [5.74, 6) is 0.536. The predicted octanol–water partition coefficient (Wildman–Crippen LogP) is 4.18. The molecule has 2 aromatic carbocycles. The van der Waals surface area contributed by atoms with Crippen molar-refractivity contribution in [2.24, 2.45) is 5.92 Å². The van der Waals surface area contributed by atoms with Crippen LogP contribution in [0.1, 0.15) is 36.9 Å². The maximum Gasteiger partial charge on any atom is 0.224 e. The van der Waals surface area contributed by atoms with Gasteiger partial charge < -0.3 is 14.8 Å². The van der Waals surface area contributed by atoms with Gasteiger partial charge in [-0.2, -0.15) is 0 Å². The Balaban J connectivity index is 1.39. The summed E-state index contributed by atoms with van der Waals surface area (Å²) in [6, 6.07) is 10.1. The molecule has 4 rings (SSSR count). The van der Waals surface area contributed by atoms with Gasteiger partial charge in [-0.25, -0.2) is 12.7 Å². The van der Waals surface area contributed by atoms with Crippen LogP contribution in [0, 0.1) is 5.92 Å². The van der Waals surface area contributed by atoms with E-state index in [9.17, 15) is 13.2 Å². The molecule has 0 spiro atoms. The molecule has 1 N–H and O–H groups in total. The van der Waals surface area contributed by atoms with E-state index in [4.69, 9.17) is 32.7 Å². The molecule has 7 nitrogen and oxygen atoms in total. The number of carbonyl (C=O) groups is 1. The second kappa shape index (κ2) is 10.1. The van der Waals surface area contributed by atoms with Crippen molar-refractivity contribution in [2.75, 3.05) is 26.3 Å². The zero-order valence-electron chi connectivity index (χ0n) is 18.2. The molecule has 2 aliphatic rings. The summed E-state index contributed by atoms with van der Waals surface area (Å²) in [5.41, 5.74) is 1.38. The third kappa shape index (κ3) is 5.74. The number of nitrogens with zero attached hydrogens (tertiary/aromatic N) is 1. The fourth-order valence-corrected chi connectivity index (χ4v) is 6.28. The van der Waals surface area contributed by atoms with E-state index in [-0.39, 0.29) is 24.2 Å². The Kier molecular flexibility index (Phi) is 7.38. The molecule has 0 aliphatic carbocycles. The lowest BCUT2D eigenvalue weighted by atomic mass is 9.97. The number of sulfonamides is 1. The third-order valence-corrected chi connectivity index (χ3v) is 8.31. The van der Waals surface area contributed by atoms with Crippen LogP contribution >= 0.6 is 23.2 Å². The van der Waals surface area contributed by atoms with Gasteiger partial charge in [0.2, 0.25) is 15.9 Å². The molecule has 2 aromatic rings. The van der Waals surface area contributed by atoms with Crippen molar-refractivity contribution in [1.29, 1.82) is 0 Å². The number of rotatable bonds is 6. The summed E-state index contributed by atoms with van der Waals surface area (Å²) in [7, 11) is -3.63. The molecular formula is C23H26Cl2N2O5S. The molecule has 2 unspecified atom stereocenters. The zero-order valence-corrected chi connectivity index (χ0v) is 20.5. The lowest BCUT2D eigenvalue weighted by Gasteiger charge is -2.32. The van der Waals surface area contributed by atoms with E-state index in [1.54, 1.807) is 12.1 Å². The highest BCUT2D eigenvalue weighted by Crippen LogP contribution is 2.33. The molecule has 1 saturated heterocycles. The van der Waals surface area contributed by atoms with Crippen LogP contribution in [-0.2, 0) is 20.6 Å². The van der Waals surface area contributed by atoms with Gasteiger partial charge in [0.05, 0.1) is 17.7 Å². The summed E-state index contributed by atoms with van der Waals surface area (Å²) >= 11 is 12.1. The average Bonchev–Trinajstić information content (AvgIpc) is 2.80. The van der Waals surface area contributed by atoms with Crippen LogP contribution in [0.3, 0.4) is 0 Å². The molecule has 0 radical (unpaired) electrons. The number of piperidine rings is 1. The quantitative estimate of drug-likeness (QED) is 0.627. The fourth-order valence-electron chi connectivity index (χ4n) is 4.08. The molecule has 33 heavy (non-hydrogen) atoms. The number of nitrogens with one attached hydrogen (secondary N) is 1. The van der Waals surface area contributed by atoms with Crippen LogP contribution in [0.4, 0.5) is 0 Å². The van der Waals surface area contributed by atoms with Crippen LogP contribution in [0.5, 0.6) is 11.5 Å². The SMILES string of the molecule is CC(NC(=O)C1CCCN(S(=O)(=O)Cc2ccc(Cl)cc2Cl)C1)c1ccc2c(c1)OCCO2. The van der Waals surface area contributed by atoms with Crippen LogP contribution in [0.2, 0.25) is 10.0 Å². The minimum absolute atomic E-state index is 0.146. The molecule has 1 amide bonds. The molecule has 0 saturated carbocycles. The first kappa shape index (κ1) is 24.1. The summed E-state index contributed by atoms with van der Waals surface area (Å²) in [6.07, 6.45) is 1.25. The van der Waals surface area contributed by atoms with Crippen LogP contribution < -0.4 is 14.8 Å². The van der Waals surface area contributed by atoms with Crippen molar-refractivity contribution in [3.8, 4) is 11.5 Å². The predicted molar refractivity (Wildman–Crippen MR) is 127 cm³/mol. The molecule has 0 aromatic heterocycles. The minimum atomic E-state index is -3.63. The van der Waals surface area contributed by atoms with Crippen LogP contribution in [-0.4, -0.2) is 44.9 Å². The largest absolute Gasteiger partial charge is 0.486 e. The van der Waals surface area contributed by atoms with E-state index in [0.717, 1.165) is 5.56 Å². The topological polar surface area (TPSA) is 84.9 Å². The van der Waals surface area contributed by atoms with E-state index in [1.807, 2.05) is 25.1 Å². The first-order valence-electron chi connectivity index (χ1n) is 10.8. The Morgan fingerprint density at radius 3 is 2.67 bits per heavy atom. The van der Waals surface area contributed by atoms with Crippen LogP contribution in [0.25, 0.3) is 0 Å². The highest BCUT2D eigenvalue weighted by atomic mass is 35.5. The number of fused-ring (bicyclic) bond motifs is 1. The standard InChI is InChI=1S/C23H26Cl2N2O5S/c1-15(16-5-7-21-22(11-16)32-10-9-31-21)26-23(28)17-3-2-8-27(13-17)33(29,30)14-18-4-6-19(24)12-20(18)25/h4-7,11-12,15,17H,2-3,8-10,13-14H2,1H3,(H,26,28). The molecule has 1 fully saturated rings. The Morgan fingerprint density at radius 1 is 1.15 bits per heavy atom. The van der Waals surface area contributed by atoms with E-state index in [1.165, 1.54) is 10.4 Å². The van der Waals surface area contributed by atoms with Crippen molar-refractivity contribution in [3.05, 3.63) is 57.6 Å². The number of carbonyl (C=O) groups excluding carboxylic acids is 1. The summed E-state index contributed by atoms with van der Waals surface area (Å²) < 4.78 is 38.6. The second-order valence-electron chi connectivity index (χ2n) is 8.32. The minimum Gasteiger partial charge on any atom is -0.486 e. The molecule has 0 bridgehead atoms. The molecule has 2 aliphatic heterocycles. The Morgan fingerprint density at radius 2 is 1.91 bits per heavy atom. The van der Waals surface area contributed by atoms with Gasteiger partial charge in [0.15, 0.2) is 11.5 Å². The van der Waals surface area contributed by atoms with Gasteiger partial charge in [0.1, 0.15) is 13.2 Å². The van der Waals surface area contributed by atoms with Gasteiger partial charge in [0.25, 0.3) is 0 Å². The maximum atomic E-state index is 13.0. The second-order valence-corrected chi connectivity index (χ2v) is 11.1. The van der Waals surface area contributed by atoms with Gasteiger partial charge in [0, 0.05) is 23.1 Å². The van der Waals surface area contributed by atoms with Crippen molar-refractivity contribution in [2.45, 2.75) is 31.6 Å². The number of ether oxygens (including phenoxy) is 2. The van der Waals surface area contributed by atoms with Gasteiger partial charge in [-0.1, -0.05) is 35.3 Å². The van der Waals surface area contributed by atoms with Crippen molar-refractivity contribution < 1.29 is 22.7 Å². The molecule has 2 heterocycles. The first-order chi connectivity index (χ1) is 15.7. The van der Waals surface area contributed by atoms with Gasteiger partial charge >= 0.3 is 0 Å². The van der Waals surface area contributed by atoms with Crippen LogP contribution in [0.15, 0.2) is 36.4 Å². The van der Waals surface area contributed by atoms with E-state index in [2.05, 4.69) is 5.32 Å². The lowest BCUT2D eigenvalue weighted by molar-refractivity contribution is -0.126. The molecule has 178 valence electrons. The first-order valence-corrected chi connectivity index (χ1v) is 13.2. The summed E-state index contributed by atoms with van der Waals surface area (Å²) in [5, 5.41) is 3.78. The average molecular weight is 513 g/mol. The number of hydrogen-bond donors (Lipinski definition) is 1. The highest BCUT2D eigenvalue weighted by Gasteiger charge is 2.33. The highest BCUT2D eigenvalue weighted by molar-refractivity contribution is 7.88. The lowest BCUT2D eigenvalue weighted by Crippen LogP contribution is -2.46. The normalized spacial score (nSPS) is 19.7. The number of benzene rings is 2. The number of hydrogen-bond acceptors (Lipinski definition) is 5. The van der Waals surface area contributed by atoms with Gasteiger partial charge in [-0.15, -0.1) is 0 Å². The number of amides is 1. The van der Waals surface area contributed by atoms with Crippen molar-refractivity contribution >= 4 is 39.1 Å². The fraction of sp³-hybridized carbons (Fsp3) is 0.435. The third-order valence-electron chi connectivity index (χ3n) is 5.93. The Labute approximate surface area is 204 Å². The summed E-state index contributed by atoms with van der Waals surface area (Å²) in [4.78, 5) is 13.0. The maximum absolute atomic E-state index is 13.0. The molecule has 2 atom stereocenters. The molecule has 10 heteroatoms.